The summed E-state index contributed by atoms with van der Waals surface area (Å²) in [5.41, 5.74) is 0.642. The van der Waals surface area contributed by atoms with E-state index in [2.05, 4.69) is 0 Å². The Bertz CT molecular complexity index is 1160. The van der Waals surface area contributed by atoms with Crippen LogP contribution in [0, 0.1) is 5.92 Å². The van der Waals surface area contributed by atoms with Crippen LogP contribution in [0.25, 0.3) is 22.3 Å². The smallest absolute Gasteiger partial charge is 0.306 e. The van der Waals surface area contributed by atoms with Crippen molar-refractivity contribution in [1.82, 2.24) is 0 Å². The molecule has 8 heteroatoms. The first kappa shape index (κ1) is 21.2. The number of benzene rings is 2. The van der Waals surface area contributed by atoms with Crippen molar-refractivity contribution in [2.75, 3.05) is 20.3 Å². The van der Waals surface area contributed by atoms with Gasteiger partial charge in [0.25, 0.3) is 0 Å². The first-order chi connectivity index (χ1) is 15.0. The molecule has 0 saturated heterocycles. The molecule has 0 aliphatic heterocycles. The lowest BCUT2D eigenvalue weighted by Crippen LogP contribution is -2.37. The fraction of sp³-hybridized carbons (Fsp3) is 0.304. The number of carboxylic acids is 1. The summed E-state index contributed by atoms with van der Waals surface area (Å²) in [6, 6.07) is 11.6. The molecule has 1 N–H and O–H groups in total. The molecule has 1 fully saturated rings. The van der Waals surface area contributed by atoms with Gasteiger partial charge in [0.2, 0.25) is 0 Å². The summed E-state index contributed by atoms with van der Waals surface area (Å²) in [6.45, 7) is 0.572. The zero-order valence-electron chi connectivity index (χ0n) is 16.8. The predicted octanol–water partition coefficient (Wildman–Crippen LogP) is 4.38. The molecular weight excluding hydrogens is 424 g/mol. The Morgan fingerprint density at radius 1 is 1.19 bits per heavy atom. The molecule has 1 heterocycles. The fourth-order valence-electron chi connectivity index (χ4n) is 3.50. The second kappa shape index (κ2) is 8.99. The van der Waals surface area contributed by atoms with Gasteiger partial charge in [-0.05, 0) is 43.2 Å². The Kier molecular flexibility index (Phi) is 6.15. The zero-order chi connectivity index (χ0) is 22.0. The van der Waals surface area contributed by atoms with E-state index in [1.54, 1.807) is 43.5 Å². The largest absolute Gasteiger partial charge is 0.497 e. The lowest BCUT2D eigenvalue weighted by atomic mass is 9.82. The summed E-state index contributed by atoms with van der Waals surface area (Å²) in [6.07, 6.45) is 0.985. The van der Waals surface area contributed by atoms with Crippen molar-refractivity contribution in [3.8, 4) is 22.8 Å². The van der Waals surface area contributed by atoms with Crippen LogP contribution in [0.2, 0.25) is 5.02 Å². The minimum Gasteiger partial charge on any atom is -0.497 e. The molecule has 1 aromatic heterocycles. The van der Waals surface area contributed by atoms with Crippen LogP contribution in [0.3, 0.4) is 0 Å². The van der Waals surface area contributed by atoms with E-state index in [0.29, 0.717) is 58.3 Å². The number of ether oxygens (including phenoxy) is 3. The maximum absolute atomic E-state index is 12.6. The van der Waals surface area contributed by atoms with E-state index in [0.717, 1.165) is 0 Å². The molecule has 0 bridgehead atoms. The summed E-state index contributed by atoms with van der Waals surface area (Å²) in [7, 11) is 1.55. The Hall–Kier alpha value is -3.03. The van der Waals surface area contributed by atoms with E-state index >= 15 is 0 Å². The molecule has 4 rings (SSSR count). The fourth-order valence-corrected chi connectivity index (χ4v) is 3.71. The number of fused-ring (bicyclic) bond motifs is 1. The molecule has 1 aliphatic carbocycles. The van der Waals surface area contributed by atoms with Gasteiger partial charge in [-0.3, -0.25) is 9.59 Å². The van der Waals surface area contributed by atoms with E-state index < -0.39 is 5.97 Å². The van der Waals surface area contributed by atoms with Crippen molar-refractivity contribution in [1.29, 1.82) is 0 Å². The molecule has 1 aliphatic rings. The Morgan fingerprint density at radius 2 is 2.00 bits per heavy atom. The van der Waals surface area contributed by atoms with Gasteiger partial charge in [0.15, 0.2) is 11.0 Å². The van der Waals surface area contributed by atoms with E-state index in [9.17, 15) is 9.59 Å². The van der Waals surface area contributed by atoms with Crippen LogP contribution in [0.5, 0.6) is 11.5 Å². The van der Waals surface area contributed by atoms with Crippen LogP contribution in [-0.2, 0) is 9.53 Å². The molecule has 2 aromatic carbocycles. The minimum atomic E-state index is -0.782. The summed E-state index contributed by atoms with van der Waals surface area (Å²) in [5.74, 6) is 0.284. The van der Waals surface area contributed by atoms with Crippen molar-refractivity contribution in [2.45, 2.75) is 18.9 Å². The maximum Gasteiger partial charge on any atom is 0.306 e. The zero-order valence-corrected chi connectivity index (χ0v) is 17.6. The third kappa shape index (κ3) is 4.52. The van der Waals surface area contributed by atoms with Gasteiger partial charge in [0, 0.05) is 6.07 Å². The molecule has 0 atom stereocenters. The van der Waals surface area contributed by atoms with Gasteiger partial charge in [-0.2, -0.15) is 0 Å². The van der Waals surface area contributed by atoms with Gasteiger partial charge in [-0.15, -0.1) is 0 Å². The monoisotopic (exact) mass is 444 g/mol. The Morgan fingerprint density at radius 3 is 2.74 bits per heavy atom. The van der Waals surface area contributed by atoms with Crippen molar-refractivity contribution in [2.24, 2.45) is 5.92 Å². The number of para-hydroxylation sites is 1. The van der Waals surface area contributed by atoms with Gasteiger partial charge in [0.05, 0.1) is 41.7 Å². The first-order valence-corrected chi connectivity index (χ1v) is 10.2. The summed E-state index contributed by atoms with van der Waals surface area (Å²) >= 11 is 6.23. The van der Waals surface area contributed by atoms with E-state index in [-0.39, 0.29) is 24.1 Å². The third-order valence-electron chi connectivity index (χ3n) is 5.30. The topological polar surface area (TPSA) is 95.2 Å². The SMILES string of the molecule is COc1ccc(OCCO[C@H]2C[C@H](C(=O)O)C2)c(-c2cc(=O)c3cccc(Cl)c3o2)c1. The average Bonchev–Trinajstić information content (AvgIpc) is 2.72. The van der Waals surface area contributed by atoms with E-state index in [1.165, 1.54) is 6.07 Å². The highest BCUT2D eigenvalue weighted by Crippen LogP contribution is 2.35. The number of hydrogen-bond acceptors (Lipinski definition) is 6. The van der Waals surface area contributed by atoms with Gasteiger partial charge < -0.3 is 23.7 Å². The van der Waals surface area contributed by atoms with Gasteiger partial charge in [0.1, 0.15) is 23.9 Å². The van der Waals surface area contributed by atoms with E-state index in [4.69, 9.17) is 35.3 Å². The number of hydrogen-bond donors (Lipinski definition) is 1. The van der Waals surface area contributed by atoms with Crippen LogP contribution in [-0.4, -0.2) is 37.5 Å². The lowest BCUT2D eigenvalue weighted by molar-refractivity contribution is -0.151. The first-order valence-electron chi connectivity index (χ1n) is 9.84. The lowest BCUT2D eigenvalue weighted by Gasteiger charge is -2.32. The van der Waals surface area contributed by atoms with Gasteiger partial charge in [-0.1, -0.05) is 17.7 Å². The molecule has 3 aromatic rings. The van der Waals surface area contributed by atoms with Gasteiger partial charge in [-0.25, -0.2) is 0 Å². The Balaban J connectivity index is 1.53. The van der Waals surface area contributed by atoms with Crippen molar-refractivity contribution >= 4 is 28.5 Å². The second-order valence-electron chi connectivity index (χ2n) is 7.30. The van der Waals surface area contributed by atoms with Crippen molar-refractivity contribution < 1.29 is 28.5 Å². The Labute approximate surface area is 183 Å². The number of carbonyl (C=O) groups is 1. The molecular formula is C23H21ClO7. The molecule has 1 saturated carbocycles. The quantitative estimate of drug-likeness (QED) is 0.515. The number of methoxy groups -OCH3 is 1. The molecule has 0 amide bonds. The van der Waals surface area contributed by atoms with Gasteiger partial charge >= 0.3 is 5.97 Å². The van der Waals surface area contributed by atoms with Crippen LogP contribution in [0.4, 0.5) is 0 Å². The van der Waals surface area contributed by atoms with Crippen LogP contribution in [0.1, 0.15) is 12.8 Å². The minimum absolute atomic E-state index is 0.0549. The maximum atomic E-state index is 12.6. The molecule has 7 nitrogen and oxygen atoms in total. The molecule has 31 heavy (non-hydrogen) atoms. The number of halogens is 1. The summed E-state index contributed by atoms with van der Waals surface area (Å²) in [4.78, 5) is 23.5. The van der Waals surface area contributed by atoms with Crippen molar-refractivity contribution in [3.05, 3.63) is 57.7 Å². The standard InChI is InChI=1S/C23H21ClO7/c1-28-14-5-6-20(30-8-7-29-15-9-13(10-15)23(26)27)17(11-14)21-12-19(25)16-3-2-4-18(24)22(16)31-21/h2-6,11-13,15H,7-10H2,1H3,(H,26,27)/t13-,15-. The van der Waals surface area contributed by atoms with Crippen LogP contribution in [0.15, 0.2) is 51.7 Å². The highest BCUT2D eigenvalue weighted by Gasteiger charge is 2.35. The molecule has 162 valence electrons. The number of aliphatic carboxylic acids is 1. The van der Waals surface area contributed by atoms with E-state index in [1.807, 2.05) is 0 Å². The van der Waals surface area contributed by atoms with Crippen LogP contribution < -0.4 is 14.9 Å². The number of carboxylic acid groups (broad SMARTS) is 1. The molecule has 0 spiro atoms. The second-order valence-corrected chi connectivity index (χ2v) is 7.71. The average molecular weight is 445 g/mol. The normalized spacial score (nSPS) is 17.9. The molecule has 0 radical (unpaired) electrons. The summed E-state index contributed by atoms with van der Waals surface area (Å²) < 4.78 is 22.8. The third-order valence-corrected chi connectivity index (χ3v) is 5.59. The number of rotatable bonds is 8. The van der Waals surface area contributed by atoms with Crippen molar-refractivity contribution in [3.63, 3.8) is 0 Å². The molecule has 0 unspecified atom stereocenters. The van der Waals surface area contributed by atoms with Crippen LogP contribution >= 0.6 is 11.6 Å². The highest BCUT2D eigenvalue weighted by atomic mass is 35.5. The summed E-state index contributed by atoms with van der Waals surface area (Å²) in [5, 5.41) is 9.67. The highest BCUT2D eigenvalue weighted by molar-refractivity contribution is 6.34. The predicted molar refractivity (Wildman–Crippen MR) is 115 cm³/mol.